The highest BCUT2D eigenvalue weighted by Gasteiger charge is 2.28. The normalized spacial score (nSPS) is 17.0. The molecular weight excluding hydrogens is 340 g/mol. The number of benzene rings is 1. The molecule has 27 heavy (non-hydrogen) atoms. The van der Waals surface area contributed by atoms with Gasteiger partial charge in [0.05, 0.1) is 36.9 Å². The van der Waals surface area contributed by atoms with Gasteiger partial charge in [0, 0.05) is 12.7 Å². The summed E-state index contributed by atoms with van der Waals surface area (Å²) in [6.45, 7) is 1.84. The number of para-hydroxylation sites is 2. The number of likely N-dealkylation sites (tertiary alicyclic amines) is 1. The Morgan fingerprint density at radius 1 is 1.07 bits per heavy atom. The number of ether oxygens (including phenoxy) is 2. The lowest BCUT2D eigenvalue weighted by Crippen LogP contribution is -2.24. The molecule has 1 atom stereocenters. The maximum absolute atomic E-state index is 5.92. The lowest BCUT2D eigenvalue weighted by molar-refractivity contribution is 0.240. The van der Waals surface area contributed by atoms with Gasteiger partial charge in [0.15, 0.2) is 11.5 Å². The van der Waals surface area contributed by atoms with E-state index in [9.17, 15) is 0 Å². The maximum atomic E-state index is 5.92. The van der Waals surface area contributed by atoms with Crippen molar-refractivity contribution < 1.29 is 9.47 Å². The minimum absolute atomic E-state index is 0.223. The van der Waals surface area contributed by atoms with E-state index in [1.54, 1.807) is 13.3 Å². The molecule has 1 aromatic carbocycles. The molecule has 0 unspecified atom stereocenters. The van der Waals surface area contributed by atoms with Crippen molar-refractivity contribution in [3.8, 4) is 17.4 Å². The molecule has 1 saturated heterocycles. The largest absolute Gasteiger partial charge is 0.493 e. The fraction of sp³-hybridized carbons (Fsp3) is 0.286. The highest BCUT2D eigenvalue weighted by atomic mass is 16.5. The maximum Gasteiger partial charge on any atom is 0.238 e. The molecule has 0 aliphatic carbocycles. The molecule has 0 radical (unpaired) electrons. The van der Waals surface area contributed by atoms with Crippen LogP contribution in [0, 0.1) is 0 Å². The van der Waals surface area contributed by atoms with Crippen molar-refractivity contribution in [2.45, 2.75) is 25.4 Å². The number of nitrogens with zero attached hydrogens (tertiary/aromatic N) is 4. The van der Waals surface area contributed by atoms with Crippen LogP contribution in [0.15, 0.2) is 61.1 Å². The predicted molar refractivity (Wildman–Crippen MR) is 102 cm³/mol. The van der Waals surface area contributed by atoms with Crippen LogP contribution in [0.5, 0.6) is 17.4 Å². The molecule has 0 spiro atoms. The van der Waals surface area contributed by atoms with Crippen molar-refractivity contribution in [2.75, 3.05) is 13.7 Å². The zero-order valence-corrected chi connectivity index (χ0v) is 15.3. The van der Waals surface area contributed by atoms with Gasteiger partial charge in [-0.2, -0.15) is 0 Å². The molecular formula is C21H22N4O2. The quantitative estimate of drug-likeness (QED) is 0.660. The van der Waals surface area contributed by atoms with Crippen LogP contribution in [0.25, 0.3) is 0 Å². The van der Waals surface area contributed by atoms with E-state index >= 15 is 0 Å². The first kappa shape index (κ1) is 17.4. The Kier molecular flexibility index (Phi) is 5.25. The summed E-state index contributed by atoms with van der Waals surface area (Å²) in [5.74, 6) is 1.77. The van der Waals surface area contributed by atoms with E-state index in [0.29, 0.717) is 17.4 Å². The number of rotatable bonds is 6. The second-order valence-corrected chi connectivity index (χ2v) is 6.48. The van der Waals surface area contributed by atoms with Crippen molar-refractivity contribution in [1.82, 2.24) is 19.9 Å². The minimum atomic E-state index is 0.223. The molecule has 1 aliphatic heterocycles. The summed E-state index contributed by atoms with van der Waals surface area (Å²) >= 11 is 0. The molecule has 138 valence electrons. The first-order valence-corrected chi connectivity index (χ1v) is 9.10. The molecule has 3 aromatic rings. The number of hydrogen-bond acceptors (Lipinski definition) is 6. The third kappa shape index (κ3) is 4.06. The van der Waals surface area contributed by atoms with Crippen molar-refractivity contribution in [3.63, 3.8) is 0 Å². The third-order valence-corrected chi connectivity index (χ3v) is 4.71. The smallest absolute Gasteiger partial charge is 0.238 e. The van der Waals surface area contributed by atoms with Gasteiger partial charge in [-0.3, -0.25) is 14.9 Å². The van der Waals surface area contributed by atoms with Crippen LogP contribution in [0.4, 0.5) is 0 Å². The molecule has 1 aliphatic rings. The average molecular weight is 362 g/mol. The molecule has 6 nitrogen and oxygen atoms in total. The van der Waals surface area contributed by atoms with Gasteiger partial charge in [0.2, 0.25) is 5.88 Å². The van der Waals surface area contributed by atoms with Gasteiger partial charge < -0.3 is 9.47 Å². The highest BCUT2D eigenvalue weighted by molar-refractivity contribution is 5.41. The molecule has 6 heteroatoms. The SMILES string of the molecule is COc1ccccc1Oc1cncc([C@H]2CCCN2Cc2ccccn2)n1. The van der Waals surface area contributed by atoms with Gasteiger partial charge in [-0.15, -0.1) is 0 Å². The molecule has 0 bridgehead atoms. The second kappa shape index (κ2) is 8.14. The van der Waals surface area contributed by atoms with Crippen LogP contribution in [-0.2, 0) is 6.54 Å². The van der Waals surface area contributed by atoms with E-state index in [0.717, 1.165) is 37.3 Å². The van der Waals surface area contributed by atoms with Crippen LogP contribution in [0.3, 0.4) is 0 Å². The summed E-state index contributed by atoms with van der Waals surface area (Å²) < 4.78 is 11.3. The summed E-state index contributed by atoms with van der Waals surface area (Å²) in [6, 6.07) is 13.8. The van der Waals surface area contributed by atoms with E-state index in [2.05, 4.69) is 20.9 Å². The minimum Gasteiger partial charge on any atom is -0.493 e. The fourth-order valence-corrected chi connectivity index (χ4v) is 3.44. The van der Waals surface area contributed by atoms with E-state index in [1.807, 2.05) is 48.8 Å². The van der Waals surface area contributed by atoms with Crippen LogP contribution in [0.2, 0.25) is 0 Å². The molecule has 0 N–H and O–H groups in total. The topological polar surface area (TPSA) is 60.4 Å². The van der Waals surface area contributed by atoms with Crippen LogP contribution in [0.1, 0.15) is 30.3 Å². The Hall–Kier alpha value is -2.99. The van der Waals surface area contributed by atoms with Crippen LogP contribution < -0.4 is 9.47 Å². The number of aromatic nitrogens is 3. The van der Waals surface area contributed by atoms with Crippen LogP contribution >= 0.6 is 0 Å². The fourth-order valence-electron chi connectivity index (χ4n) is 3.44. The first-order chi connectivity index (χ1) is 13.3. The Bertz CT molecular complexity index is 888. The number of hydrogen-bond donors (Lipinski definition) is 0. The van der Waals surface area contributed by atoms with Gasteiger partial charge in [-0.1, -0.05) is 18.2 Å². The standard InChI is InChI=1S/C21H22N4O2/c1-26-19-9-2-3-10-20(19)27-21-14-22-13-17(24-21)18-8-6-12-25(18)15-16-7-4-5-11-23-16/h2-5,7,9-11,13-14,18H,6,8,12,15H2,1H3/t18-/m1/s1. The van der Waals surface area contributed by atoms with Crippen molar-refractivity contribution in [3.05, 3.63) is 72.4 Å². The van der Waals surface area contributed by atoms with Gasteiger partial charge in [0.1, 0.15) is 0 Å². The summed E-state index contributed by atoms with van der Waals surface area (Å²) in [5, 5.41) is 0. The Labute approximate surface area is 158 Å². The third-order valence-electron chi connectivity index (χ3n) is 4.71. The summed E-state index contributed by atoms with van der Waals surface area (Å²) in [7, 11) is 1.62. The molecule has 3 heterocycles. The van der Waals surface area contributed by atoms with E-state index in [-0.39, 0.29) is 6.04 Å². The molecule has 2 aromatic heterocycles. The Morgan fingerprint density at radius 2 is 1.93 bits per heavy atom. The lowest BCUT2D eigenvalue weighted by atomic mass is 10.1. The van der Waals surface area contributed by atoms with Crippen LogP contribution in [-0.4, -0.2) is 33.5 Å². The Morgan fingerprint density at radius 3 is 2.74 bits per heavy atom. The summed E-state index contributed by atoms with van der Waals surface area (Å²) in [4.78, 5) is 15.9. The highest BCUT2D eigenvalue weighted by Crippen LogP contribution is 2.34. The summed E-state index contributed by atoms with van der Waals surface area (Å²) in [5.41, 5.74) is 2.00. The average Bonchev–Trinajstić information content (AvgIpc) is 3.17. The molecule has 4 rings (SSSR count). The van der Waals surface area contributed by atoms with Gasteiger partial charge in [0.25, 0.3) is 0 Å². The first-order valence-electron chi connectivity index (χ1n) is 9.10. The van der Waals surface area contributed by atoms with Crippen molar-refractivity contribution >= 4 is 0 Å². The molecule has 0 saturated carbocycles. The van der Waals surface area contributed by atoms with E-state index in [4.69, 9.17) is 14.5 Å². The van der Waals surface area contributed by atoms with Gasteiger partial charge in [-0.25, -0.2) is 4.98 Å². The van der Waals surface area contributed by atoms with Crippen molar-refractivity contribution in [2.24, 2.45) is 0 Å². The summed E-state index contributed by atoms with van der Waals surface area (Å²) in [6.07, 6.45) is 7.49. The second-order valence-electron chi connectivity index (χ2n) is 6.48. The number of methoxy groups -OCH3 is 1. The molecule has 1 fully saturated rings. The number of pyridine rings is 1. The molecule has 0 amide bonds. The Balaban J connectivity index is 1.53. The van der Waals surface area contributed by atoms with E-state index < -0.39 is 0 Å². The zero-order valence-electron chi connectivity index (χ0n) is 15.3. The van der Waals surface area contributed by atoms with Gasteiger partial charge >= 0.3 is 0 Å². The van der Waals surface area contributed by atoms with Crippen molar-refractivity contribution in [1.29, 1.82) is 0 Å². The zero-order chi connectivity index (χ0) is 18.5. The van der Waals surface area contributed by atoms with Gasteiger partial charge in [-0.05, 0) is 43.7 Å². The monoisotopic (exact) mass is 362 g/mol. The lowest BCUT2D eigenvalue weighted by Gasteiger charge is -2.23. The predicted octanol–water partition coefficient (Wildman–Crippen LogP) is 4.01. The van der Waals surface area contributed by atoms with E-state index in [1.165, 1.54) is 0 Å².